The van der Waals surface area contributed by atoms with Gasteiger partial charge in [0.15, 0.2) is 11.6 Å². The minimum absolute atomic E-state index is 0.0807. The minimum Gasteiger partial charge on any atom is -0.347 e. The molecule has 0 bridgehead atoms. The van der Waals surface area contributed by atoms with E-state index < -0.39 is 23.4 Å². The fourth-order valence-corrected chi connectivity index (χ4v) is 3.68. The van der Waals surface area contributed by atoms with Gasteiger partial charge in [-0.05, 0) is 48.9 Å². The molecule has 2 heterocycles. The number of carbonyl (C=O) groups excluding carboxylic acids is 1. The lowest BCUT2D eigenvalue weighted by Crippen LogP contribution is -2.50. The highest BCUT2D eigenvalue weighted by atomic mass is 19.2. The number of amides is 1. The lowest BCUT2D eigenvalue weighted by molar-refractivity contribution is 0.0920. The van der Waals surface area contributed by atoms with Gasteiger partial charge in [-0.25, -0.2) is 13.2 Å². The van der Waals surface area contributed by atoms with Gasteiger partial charge >= 0.3 is 0 Å². The number of piperidine rings is 1. The van der Waals surface area contributed by atoms with E-state index in [1.807, 2.05) is 0 Å². The van der Waals surface area contributed by atoms with E-state index in [1.54, 1.807) is 18.3 Å². The summed E-state index contributed by atoms with van der Waals surface area (Å²) in [4.78, 5) is 12.7. The number of H-pyrrole nitrogens is 1. The fourth-order valence-electron chi connectivity index (χ4n) is 3.68. The Morgan fingerprint density at radius 3 is 2.62 bits per heavy atom. The molecular formula is C21H19F3N4O. The lowest BCUT2D eigenvalue weighted by Gasteiger charge is -2.33. The van der Waals surface area contributed by atoms with Crippen molar-refractivity contribution in [2.75, 3.05) is 13.1 Å². The molecule has 1 fully saturated rings. The maximum atomic E-state index is 14.6. The number of nitrogens with one attached hydrogen (secondary N) is 3. The second kappa shape index (κ2) is 8.08. The molecule has 29 heavy (non-hydrogen) atoms. The second-order valence-corrected chi connectivity index (χ2v) is 7.02. The van der Waals surface area contributed by atoms with Crippen molar-refractivity contribution in [1.82, 2.24) is 20.8 Å². The molecule has 8 heteroatoms. The molecule has 1 aliphatic heterocycles. The van der Waals surface area contributed by atoms with Crippen LogP contribution in [-0.4, -0.2) is 35.2 Å². The maximum Gasteiger partial charge on any atom is 0.254 e. The zero-order valence-corrected chi connectivity index (χ0v) is 15.4. The molecule has 0 unspecified atom stereocenters. The van der Waals surface area contributed by atoms with Crippen molar-refractivity contribution < 1.29 is 18.0 Å². The Morgan fingerprint density at radius 1 is 1.03 bits per heavy atom. The van der Waals surface area contributed by atoms with E-state index in [-0.39, 0.29) is 17.5 Å². The van der Waals surface area contributed by atoms with E-state index in [1.165, 1.54) is 18.2 Å². The molecule has 5 nitrogen and oxygen atoms in total. The normalized spacial score (nSPS) is 19.1. The number of hydrogen-bond donors (Lipinski definition) is 3. The summed E-state index contributed by atoms with van der Waals surface area (Å²) in [5.74, 6) is -3.25. The number of nitrogens with zero attached hydrogens (tertiary/aromatic N) is 1. The van der Waals surface area contributed by atoms with Crippen LogP contribution in [0, 0.1) is 17.5 Å². The highest BCUT2D eigenvalue weighted by Crippen LogP contribution is 2.27. The highest BCUT2D eigenvalue weighted by molar-refractivity contribution is 5.95. The Hall–Kier alpha value is -3.13. The third-order valence-electron chi connectivity index (χ3n) is 5.20. The van der Waals surface area contributed by atoms with E-state index in [0.717, 1.165) is 12.1 Å². The van der Waals surface area contributed by atoms with Crippen LogP contribution in [0.2, 0.25) is 0 Å². The number of aromatic amines is 1. The van der Waals surface area contributed by atoms with Crippen LogP contribution in [0.5, 0.6) is 0 Å². The quantitative estimate of drug-likeness (QED) is 0.629. The Labute approximate surface area is 165 Å². The molecule has 1 aliphatic rings. The van der Waals surface area contributed by atoms with E-state index in [9.17, 15) is 18.0 Å². The van der Waals surface area contributed by atoms with Gasteiger partial charge in [-0.15, -0.1) is 0 Å². The van der Waals surface area contributed by atoms with Gasteiger partial charge in [0.05, 0.1) is 11.3 Å². The lowest BCUT2D eigenvalue weighted by atomic mass is 9.85. The van der Waals surface area contributed by atoms with Crippen LogP contribution in [0.3, 0.4) is 0 Å². The standard InChI is InChI=1S/C21H19F3N4O/c22-16-4-2-12(9-18(16)24)14-5-7-25-11-20(14)27-21(29)15-3-1-13(10-17(15)23)19-6-8-26-28-19/h1-4,6,8-10,14,20,25H,5,7,11H2,(H,26,28)(H,27,29)/t14-,20+/m0/s1. The topological polar surface area (TPSA) is 69.8 Å². The summed E-state index contributed by atoms with van der Waals surface area (Å²) in [6, 6.07) is 9.41. The molecule has 0 spiro atoms. The summed E-state index contributed by atoms with van der Waals surface area (Å²) in [5, 5.41) is 12.6. The molecule has 2 aromatic carbocycles. The maximum absolute atomic E-state index is 14.6. The summed E-state index contributed by atoms with van der Waals surface area (Å²) >= 11 is 0. The van der Waals surface area contributed by atoms with Crippen LogP contribution in [-0.2, 0) is 0 Å². The molecule has 1 amide bonds. The highest BCUT2D eigenvalue weighted by Gasteiger charge is 2.29. The van der Waals surface area contributed by atoms with Crippen LogP contribution in [0.25, 0.3) is 11.3 Å². The molecule has 1 saturated heterocycles. The van der Waals surface area contributed by atoms with Crippen LogP contribution in [0.15, 0.2) is 48.7 Å². The van der Waals surface area contributed by atoms with E-state index in [4.69, 9.17) is 0 Å². The molecule has 150 valence electrons. The average molecular weight is 400 g/mol. The summed E-state index contributed by atoms with van der Waals surface area (Å²) in [7, 11) is 0. The first kappa shape index (κ1) is 19.2. The van der Waals surface area contributed by atoms with E-state index in [0.29, 0.717) is 36.3 Å². The summed E-state index contributed by atoms with van der Waals surface area (Å²) in [6.07, 6.45) is 2.19. The van der Waals surface area contributed by atoms with Gasteiger partial charge in [-0.2, -0.15) is 5.10 Å². The molecule has 3 N–H and O–H groups in total. The average Bonchev–Trinajstić information content (AvgIpc) is 3.25. The minimum atomic E-state index is -0.924. The molecule has 1 aromatic heterocycles. The second-order valence-electron chi connectivity index (χ2n) is 7.02. The monoisotopic (exact) mass is 400 g/mol. The third-order valence-corrected chi connectivity index (χ3v) is 5.20. The predicted molar refractivity (Wildman–Crippen MR) is 102 cm³/mol. The number of halogens is 3. The molecule has 2 atom stereocenters. The largest absolute Gasteiger partial charge is 0.347 e. The first-order valence-corrected chi connectivity index (χ1v) is 9.29. The smallest absolute Gasteiger partial charge is 0.254 e. The Balaban J connectivity index is 1.53. The summed E-state index contributed by atoms with van der Waals surface area (Å²) in [5.41, 5.74) is 1.75. The van der Waals surface area contributed by atoms with Gasteiger partial charge < -0.3 is 10.6 Å². The number of aromatic nitrogens is 2. The van der Waals surface area contributed by atoms with E-state index in [2.05, 4.69) is 20.8 Å². The van der Waals surface area contributed by atoms with Crippen molar-refractivity contribution in [1.29, 1.82) is 0 Å². The number of benzene rings is 2. The van der Waals surface area contributed by atoms with Crippen LogP contribution in [0.1, 0.15) is 28.3 Å². The fraction of sp³-hybridized carbons (Fsp3) is 0.238. The number of carbonyl (C=O) groups is 1. The molecular weight excluding hydrogens is 381 g/mol. The summed E-state index contributed by atoms with van der Waals surface area (Å²) in [6.45, 7) is 1.13. The first-order valence-electron chi connectivity index (χ1n) is 9.29. The number of hydrogen-bond acceptors (Lipinski definition) is 3. The summed E-state index contributed by atoms with van der Waals surface area (Å²) < 4.78 is 41.5. The molecule has 0 aliphatic carbocycles. The first-order chi connectivity index (χ1) is 14.0. The molecule has 3 aromatic rings. The van der Waals surface area contributed by atoms with Crippen LogP contribution < -0.4 is 10.6 Å². The van der Waals surface area contributed by atoms with Gasteiger partial charge in [0, 0.05) is 30.3 Å². The van der Waals surface area contributed by atoms with Crippen molar-refractivity contribution in [3.05, 3.63) is 77.2 Å². The van der Waals surface area contributed by atoms with Crippen molar-refractivity contribution >= 4 is 5.91 Å². The van der Waals surface area contributed by atoms with Gasteiger partial charge in [0.25, 0.3) is 5.91 Å². The van der Waals surface area contributed by atoms with Crippen LogP contribution in [0.4, 0.5) is 13.2 Å². The van der Waals surface area contributed by atoms with Gasteiger partial charge in [-0.3, -0.25) is 9.89 Å². The SMILES string of the molecule is O=C(N[C@@H]1CNCC[C@H]1c1ccc(F)c(F)c1)c1ccc(-c2ccn[nH]2)cc1F. The Kier molecular flexibility index (Phi) is 5.35. The van der Waals surface area contributed by atoms with Gasteiger partial charge in [0.2, 0.25) is 0 Å². The van der Waals surface area contributed by atoms with Crippen molar-refractivity contribution in [3.8, 4) is 11.3 Å². The molecule has 0 radical (unpaired) electrons. The zero-order chi connectivity index (χ0) is 20.4. The van der Waals surface area contributed by atoms with Gasteiger partial charge in [0.1, 0.15) is 5.82 Å². The van der Waals surface area contributed by atoms with Crippen molar-refractivity contribution in [3.63, 3.8) is 0 Å². The Morgan fingerprint density at radius 2 is 1.90 bits per heavy atom. The zero-order valence-electron chi connectivity index (χ0n) is 15.4. The van der Waals surface area contributed by atoms with Crippen molar-refractivity contribution in [2.24, 2.45) is 0 Å². The predicted octanol–water partition coefficient (Wildman–Crippen LogP) is 3.37. The van der Waals surface area contributed by atoms with Crippen molar-refractivity contribution in [2.45, 2.75) is 18.4 Å². The number of rotatable bonds is 4. The molecule has 0 saturated carbocycles. The van der Waals surface area contributed by atoms with Crippen LogP contribution >= 0.6 is 0 Å². The van der Waals surface area contributed by atoms with E-state index >= 15 is 0 Å². The Bertz CT molecular complexity index is 1020. The molecule has 4 rings (SSSR count). The van der Waals surface area contributed by atoms with Gasteiger partial charge in [-0.1, -0.05) is 12.1 Å². The third kappa shape index (κ3) is 4.02.